The monoisotopic (exact) mass is 430 g/mol. The normalized spacial score (nSPS) is 17.3. The van der Waals surface area contributed by atoms with E-state index in [0.29, 0.717) is 11.5 Å². The molecule has 0 atom stereocenters. The molecule has 2 aromatic carbocycles. The number of carbonyl (C=O) groups excluding carboxylic acids is 2. The van der Waals surface area contributed by atoms with Gasteiger partial charge in [0.05, 0.1) is 0 Å². The molecule has 1 aliphatic carbocycles. The summed E-state index contributed by atoms with van der Waals surface area (Å²) in [5.74, 6) is 5.93. The standard InChI is InChI=1S/C26H26N2O4/c1-3-19-5-13-23(14-6-19)31-17-25(29)27-21-9-11-22(12-10-21)28-26(30)18-32-24-15-7-20(4-2)8-16-24/h1-2,5-8,13-16,21-22H,9-12,17-18H2,(H,27,29)(H,28,30). The van der Waals surface area contributed by atoms with Crippen LogP contribution in [0, 0.1) is 24.7 Å². The first-order valence-corrected chi connectivity index (χ1v) is 10.5. The van der Waals surface area contributed by atoms with Crippen LogP contribution in [0.2, 0.25) is 0 Å². The fourth-order valence-corrected chi connectivity index (χ4v) is 3.51. The second-order valence-corrected chi connectivity index (χ2v) is 7.60. The van der Waals surface area contributed by atoms with E-state index in [1.807, 2.05) is 0 Å². The summed E-state index contributed by atoms with van der Waals surface area (Å²) in [4.78, 5) is 24.3. The molecule has 164 valence electrons. The molecule has 0 bridgehead atoms. The maximum Gasteiger partial charge on any atom is 0.258 e. The largest absolute Gasteiger partial charge is 0.484 e. The molecule has 0 unspecified atom stereocenters. The highest BCUT2D eigenvalue weighted by Gasteiger charge is 2.23. The van der Waals surface area contributed by atoms with Crippen LogP contribution in [0.15, 0.2) is 48.5 Å². The van der Waals surface area contributed by atoms with Gasteiger partial charge in [0.15, 0.2) is 13.2 Å². The van der Waals surface area contributed by atoms with Crippen LogP contribution in [0.4, 0.5) is 0 Å². The SMILES string of the molecule is C#Cc1ccc(OCC(=O)NC2CCC(NC(=O)COc3ccc(C#C)cc3)CC2)cc1. The summed E-state index contributed by atoms with van der Waals surface area (Å²) in [5.41, 5.74) is 1.52. The van der Waals surface area contributed by atoms with Gasteiger partial charge in [-0.05, 0) is 74.2 Å². The quantitative estimate of drug-likeness (QED) is 0.632. The minimum Gasteiger partial charge on any atom is -0.484 e. The van der Waals surface area contributed by atoms with Crippen LogP contribution >= 0.6 is 0 Å². The summed E-state index contributed by atoms with van der Waals surface area (Å²) in [6.07, 6.45) is 13.8. The van der Waals surface area contributed by atoms with Crippen LogP contribution in [-0.4, -0.2) is 37.1 Å². The van der Waals surface area contributed by atoms with E-state index >= 15 is 0 Å². The minimum atomic E-state index is -0.164. The molecule has 0 radical (unpaired) electrons. The first kappa shape index (κ1) is 22.8. The number of hydrogen-bond donors (Lipinski definition) is 2. The second kappa shape index (κ2) is 11.5. The van der Waals surface area contributed by atoms with Crippen LogP contribution in [0.25, 0.3) is 0 Å². The lowest BCUT2D eigenvalue weighted by molar-refractivity contribution is -0.125. The molecule has 0 aliphatic heterocycles. The first-order chi connectivity index (χ1) is 15.6. The Hall–Kier alpha value is -3.90. The van der Waals surface area contributed by atoms with Gasteiger partial charge >= 0.3 is 0 Å². The van der Waals surface area contributed by atoms with Gasteiger partial charge in [-0.3, -0.25) is 9.59 Å². The average Bonchev–Trinajstić information content (AvgIpc) is 2.83. The molecule has 1 fully saturated rings. The molecule has 0 saturated heterocycles. The first-order valence-electron chi connectivity index (χ1n) is 10.5. The third-order valence-corrected chi connectivity index (χ3v) is 5.24. The van der Waals surface area contributed by atoms with E-state index in [4.69, 9.17) is 22.3 Å². The van der Waals surface area contributed by atoms with Gasteiger partial charge in [0.1, 0.15) is 11.5 Å². The van der Waals surface area contributed by atoms with E-state index in [9.17, 15) is 9.59 Å². The summed E-state index contributed by atoms with van der Waals surface area (Å²) >= 11 is 0. The molecule has 1 aliphatic rings. The number of hydrogen-bond acceptors (Lipinski definition) is 4. The Labute approximate surface area is 188 Å². The third kappa shape index (κ3) is 7.11. The van der Waals surface area contributed by atoms with Crippen molar-refractivity contribution in [3.05, 3.63) is 59.7 Å². The van der Waals surface area contributed by atoms with E-state index < -0.39 is 0 Å². The van der Waals surface area contributed by atoms with Crippen LogP contribution in [0.1, 0.15) is 36.8 Å². The van der Waals surface area contributed by atoms with E-state index in [-0.39, 0.29) is 37.1 Å². The lowest BCUT2D eigenvalue weighted by atomic mass is 9.91. The maximum absolute atomic E-state index is 12.2. The summed E-state index contributed by atoms with van der Waals surface area (Å²) in [7, 11) is 0. The number of ether oxygens (including phenoxy) is 2. The third-order valence-electron chi connectivity index (χ3n) is 5.24. The Morgan fingerprint density at radius 2 is 1.06 bits per heavy atom. The Morgan fingerprint density at radius 3 is 1.38 bits per heavy atom. The van der Waals surface area contributed by atoms with Crippen molar-refractivity contribution in [2.24, 2.45) is 0 Å². The molecule has 0 spiro atoms. The molecule has 0 heterocycles. The molecule has 2 amide bonds. The van der Waals surface area contributed by atoms with Gasteiger partial charge in [0.2, 0.25) is 0 Å². The molecular formula is C26H26N2O4. The van der Waals surface area contributed by atoms with Crippen LogP contribution in [0.5, 0.6) is 11.5 Å². The smallest absolute Gasteiger partial charge is 0.258 e. The van der Waals surface area contributed by atoms with Gasteiger partial charge in [0, 0.05) is 23.2 Å². The Balaban J connectivity index is 1.31. The van der Waals surface area contributed by atoms with Crippen molar-refractivity contribution >= 4 is 11.8 Å². The second-order valence-electron chi connectivity index (χ2n) is 7.60. The summed E-state index contributed by atoms with van der Waals surface area (Å²) in [6.45, 7) is -0.0998. The number of terminal acetylenes is 2. The average molecular weight is 431 g/mol. The van der Waals surface area contributed by atoms with Gasteiger partial charge < -0.3 is 20.1 Å². The van der Waals surface area contributed by atoms with Crippen molar-refractivity contribution in [3.8, 4) is 36.2 Å². The summed E-state index contributed by atoms with van der Waals surface area (Å²) in [5, 5.41) is 5.99. The van der Waals surface area contributed by atoms with E-state index in [1.165, 1.54) is 0 Å². The maximum atomic E-state index is 12.2. The van der Waals surface area contributed by atoms with Crippen molar-refractivity contribution in [1.29, 1.82) is 0 Å². The van der Waals surface area contributed by atoms with Crippen molar-refractivity contribution < 1.29 is 19.1 Å². The van der Waals surface area contributed by atoms with Gasteiger partial charge in [-0.1, -0.05) is 11.8 Å². The Bertz CT molecular complexity index is 909. The number of rotatable bonds is 8. The van der Waals surface area contributed by atoms with E-state index in [0.717, 1.165) is 36.8 Å². The molecule has 2 aromatic rings. The minimum absolute atomic E-state index is 0.0499. The Kier molecular flexibility index (Phi) is 8.17. The Morgan fingerprint density at radius 1 is 0.719 bits per heavy atom. The zero-order valence-corrected chi connectivity index (χ0v) is 17.8. The van der Waals surface area contributed by atoms with Crippen molar-refractivity contribution in [1.82, 2.24) is 10.6 Å². The molecule has 6 heteroatoms. The molecule has 2 N–H and O–H groups in total. The highest BCUT2D eigenvalue weighted by Crippen LogP contribution is 2.19. The summed E-state index contributed by atoms with van der Waals surface area (Å²) < 4.78 is 11.0. The predicted octanol–water partition coefficient (Wildman–Crippen LogP) is 2.65. The number of benzene rings is 2. The lowest BCUT2D eigenvalue weighted by Gasteiger charge is -2.29. The van der Waals surface area contributed by atoms with Crippen LogP contribution in [0.3, 0.4) is 0 Å². The van der Waals surface area contributed by atoms with Crippen molar-refractivity contribution in [2.75, 3.05) is 13.2 Å². The molecule has 6 nitrogen and oxygen atoms in total. The zero-order valence-electron chi connectivity index (χ0n) is 17.8. The summed E-state index contributed by atoms with van der Waals surface area (Å²) in [6, 6.07) is 14.2. The topological polar surface area (TPSA) is 76.7 Å². The van der Waals surface area contributed by atoms with E-state index in [1.54, 1.807) is 48.5 Å². The fraction of sp³-hybridized carbons (Fsp3) is 0.308. The van der Waals surface area contributed by atoms with Gasteiger partial charge in [-0.2, -0.15) is 0 Å². The van der Waals surface area contributed by atoms with Crippen LogP contribution in [-0.2, 0) is 9.59 Å². The molecule has 1 saturated carbocycles. The highest BCUT2D eigenvalue weighted by atomic mass is 16.5. The zero-order chi connectivity index (χ0) is 22.8. The van der Waals surface area contributed by atoms with Gasteiger partial charge in [0.25, 0.3) is 11.8 Å². The van der Waals surface area contributed by atoms with Crippen molar-refractivity contribution in [2.45, 2.75) is 37.8 Å². The molecular weight excluding hydrogens is 404 g/mol. The van der Waals surface area contributed by atoms with Gasteiger partial charge in [-0.15, -0.1) is 12.8 Å². The van der Waals surface area contributed by atoms with Crippen LogP contribution < -0.4 is 20.1 Å². The number of amides is 2. The number of carbonyl (C=O) groups is 2. The molecule has 3 rings (SSSR count). The highest BCUT2D eigenvalue weighted by molar-refractivity contribution is 5.78. The van der Waals surface area contributed by atoms with Crippen molar-refractivity contribution in [3.63, 3.8) is 0 Å². The van der Waals surface area contributed by atoms with E-state index in [2.05, 4.69) is 22.5 Å². The molecule has 0 aromatic heterocycles. The lowest BCUT2D eigenvalue weighted by Crippen LogP contribution is -2.45. The van der Waals surface area contributed by atoms with Gasteiger partial charge in [-0.25, -0.2) is 0 Å². The predicted molar refractivity (Wildman–Crippen MR) is 122 cm³/mol. The molecule has 32 heavy (non-hydrogen) atoms. The number of nitrogens with one attached hydrogen (secondary N) is 2. The fourth-order valence-electron chi connectivity index (χ4n) is 3.51.